The molecule has 3 aromatic carbocycles. The van der Waals surface area contributed by atoms with Crippen LogP contribution in [0.15, 0.2) is 84.4 Å². The van der Waals surface area contributed by atoms with Gasteiger partial charge in [-0.1, -0.05) is 72.2 Å². The van der Waals surface area contributed by atoms with E-state index in [-0.39, 0.29) is 37.6 Å². The van der Waals surface area contributed by atoms with Gasteiger partial charge in [0.05, 0.1) is 28.9 Å². The number of anilines is 1. The quantitative estimate of drug-likeness (QED) is 0.145. The number of imide groups is 2. The molecule has 10 nitrogen and oxygen atoms in total. The molecule has 258 valence electrons. The van der Waals surface area contributed by atoms with Crippen molar-refractivity contribution in [3.63, 3.8) is 0 Å². The molecule has 3 N–H and O–H groups in total. The highest BCUT2D eigenvalue weighted by molar-refractivity contribution is 6.13. The van der Waals surface area contributed by atoms with Crippen LogP contribution in [0.25, 0.3) is 0 Å². The molecule has 2 aliphatic heterocycles. The van der Waals surface area contributed by atoms with Gasteiger partial charge in [-0.15, -0.1) is 0 Å². The zero-order valence-electron chi connectivity index (χ0n) is 27.6. The first-order valence-electron chi connectivity index (χ1n) is 17.1. The second-order valence-electron chi connectivity index (χ2n) is 13.8. The maximum absolute atomic E-state index is 15.2. The average molecular weight is 680 g/mol. The summed E-state index contributed by atoms with van der Waals surface area (Å²) in [6, 6.07) is 20.2. The monoisotopic (exact) mass is 679 g/mol. The molecule has 1 saturated carbocycles. The van der Waals surface area contributed by atoms with Gasteiger partial charge >= 0.3 is 5.97 Å². The normalized spacial score (nSPS) is 27.2. The number of benzene rings is 3. The van der Waals surface area contributed by atoms with Crippen LogP contribution in [0.4, 0.5) is 10.1 Å². The van der Waals surface area contributed by atoms with E-state index >= 15 is 9.18 Å². The highest BCUT2D eigenvalue weighted by Gasteiger charge is 2.70. The van der Waals surface area contributed by atoms with Gasteiger partial charge in [-0.3, -0.25) is 34.3 Å². The fourth-order valence-electron chi connectivity index (χ4n) is 8.83. The van der Waals surface area contributed by atoms with Crippen molar-refractivity contribution in [2.75, 3.05) is 12.0 Å². The molecule has 0 aromatic heterocycles. The zero-order chi connectivity index (χ0) is 35.3. The molecule has 3 aromatic rings. The Labute approximate surface area is 288 Å². The highest BCUT2D eigenvalue weighted by Crippen LogP contribution is 2.64. The van der Waals surface area contributed by atoms with Crippen molar-refractivity contribution in [2.24, 2.45) is 23.7 Å². The molecule has 0 spiro atoms. The van der Waals surface area contributed by atoms with E-state index < -0.39 is 64.4 Å². The summed E-state index contributed by atoms with van der Waals surface area (Å²) in [7, 11) is 0. The summed E-state index contributed by atoms with van der Waals surface area (Å²) in [5.41, 5.74) is 4.65. The maximum atomic E-state index is 15.2. The number of phenols is 1. The molecule has 4 aliphatic rings. The summed E-state index contributed by atoms with van der Waals surface area (Å²) in [5.74, 6) is -7.89. The van der Waals surface area contributed by atoms with Crippen molar-refractivity contribution in [3.05, 3.63) is 107 Å². The second kappa shape index (κ2) is 12.9. The van der Waals surface area contributed by atoms with Crippen LogP contribution < -0.4 is 5.43 Å². The molecule has 2 heterocycles. The number of carboxylic acid groups (broad SMARTS) is 1. The van der Waals surface area contributed by atoms with Gasteiger partial charge in [-0.05, 0) is 73.9 Å². The number of fused-ring (bicyclic) bond motifs is 4. The molecule has 6 atom stereocenters. The van der Waals surface area contributed by atoms with E-state index in [4.69, 9.17) is 5.11 Å². The molecule has 4 amide bonds. The number of halogens is 1. The first-order chi connectivity index (χ1) is 24.0. The first-order valence-corrected chi connectivity index (χ1v) is 17.1. The van der Waals surface area contributed by atoms with Crippen molar-refractivity contribution in [2.45, 2.75) is 56.8 Å². The summed E-state index contributed by atoms with van der Waals surface area (Å²) in [6.45, 7) is 2.09. The number of amides is 4. The molecule has 50 heavy (non-hydrogen) atoms. The number of nitrogens with one attached hydrogen (secondary N) is 1. The molecule has 7 rings (SSSR count). The number of nitrogens with zero attached hydrogens (tertiary/aromatic N) is 2. The number of likely N-dealkylation sites (tertiary alicyclic amines) is 1. The van der Waals surface area contributed by atoms with Gasteiger partial charge in [0.25, 0.3) is 11.8 Å². The SMILES string of the molecule is Cc1ccc(NN2C(=O)[C@@H]3C[C@@H]4C(=CC[C@@H]5C(=O)N(CCCCCC(=O)O)C(=O)[C@@H]54)[C@H](c4ccc(O)c(F)c4)[C@]3(c3ccccc3)C2=O)cc1. The van der Waals surface area contributed by atoms with E-state index in [2.05, 4.69) is 5.43 Å². The Kier molecular flexibility index (Phi) is 8.53. The fraction of sp³-hybridized carbons (Fsp3) is 0.359. The van der Waals surface area contributed by atoms with Gasteiger partial charge in [0.15, 0.2) is 11.6 Å². The van der Waals surface area contributed by atoms with Crippen molar-refractivity contribution in [1.29, 1.82) is 0 Å². The highest BCUT2D eigenvalue weighted by atomic mass is 19.1. The minimum absolute atomic E-state index is 0.00876. The standard InChI is InChI=1S/C39H38FN3O7/c1-22-11-14-25(15-12-22)41-43-36(48)29-21-28-26(16-17-27-33(28)37(49)42(35(27)47)19-7-3-6-10-32(45)46)34(23-13-18-31(44)30(40)20-23)39(29,38(43)50)24-8-4-2-5-9-24/h2,4-5,8-9,11-16,18,20,27-29,33-34,41,44H,3,6-7,10,17,19,21H2,1H3,(H,45,46)/t27-,28+,29-,33-,34-,39+/m0/s1. The van der Waals surface area contributed by atoms with Crippen molar-refractivity contribution < 1.29 is 38.6 Å². The summed E-state index contributed by atoms with van der Waals surface area (Å²) in [6.07, 6.45) is 3.70. The summed E-state index contributed by atoms with van der Waals surface area (Å²) >= 11 is 0. The number of hydrogen-bond donors (Lipinski definition) is 3. The van der Waals surface area contributed by atoms with E-state index in [1.165, 1.54) is 17.0 Å². The predicted molar refractivity (Wildman–Crippen MR) is 180 cm³/mol. The second-order valence-corrected chi connectivity index (χ2v) is 13.8. The van der Waals surface area contributed by atoms with Crippen LogP contribution in [-0.2, 0) is 29.4 Å². The zero-order valence-corrected chi connectivity index (χ0v) is 27.6. The van der Waals surface area contributed by atoms with Crippen LogP contribution in [0, 0.1) is 36.4 Å². The van der Waals surface area contributed by atoms with E-state index in [1.54, 1.807) is 42.5 Å². The number of carbonyl (C=O) groups is 5. The maximum Gasteiger partial charge on any atom is 0.303 e. The van der Waals surface area contributed by atoms with Gasteiger partial charge in [-0.25, -0.2) is 4.39 Å². The van der Waals surface area contributed by atoms with E-state index in [0.717, 1.165) is 10.6 Å². The van der Waals surface area contributed by atoms with Gasteiger partial charge in [0, 0.05) is 18.9 Å². The molecule has 3 fully saturated rings. The largest absolute Gasteiger partial charge is 0.505 e. The number of allylic oxidation sites excluding steroid dienone is 2. The Morgan fingerprint density at radius 2 is 1.66 bits per heavy atom. The number of carboxylic acids is 1. The van der Waals surface area contributed by atoms with Crippen LogP contribution in [-0.4, -0.2) is 56.3 Å². The number of phenolic OH excluding ortho intramolecular Hbond substituents is 1. The Hall–Kier alpha value is -5.32. The third-order valence-corrected chi connectivity index (χ3v) is 11.1. The number of aromatic hydroxyl groups is 1. The Morgan fingerprint density at radius 3 is 2.36 bits per heavy atom. The smallest absolute Gasteiger partial charge is 0.303 e. The lowest BCUT2D eigenvalue weighted by atomic mass is 9.49. The molecule has 0 bridgehead atoms. The Bertz CT molecular complexity index is 1910. The molecule has 2 aliphatic carbocycles. The number of rotatable bonds is 10. The van der Waals surface area contributed by atoms with E-state index in [9.17, 15) is 24.3 Å². The van der Waals surface area contributed by atoms with Crippen LogP contribution in [0.1, 0.15) is 61.1 Å². The van der Waals surface area contributed by atoms with Crippen molar-refractivity contribution in [3.8, 4) is 5.75 Å². The molecule has 11 heteroatoms. The Morgan fingerprint density at radius 1 is 0.920 bits per heavy atom. The number of unbranched alkanes of at least 4 members (excludes halogenated alkanes) is 2. The van der Waals surface area contributed by atoms with Gasteiger partial charge < -0.3 is 10.2 Å². The van der Waals surface area contributed by atoms with Gasteiger partial charge in [0.1, 0.15) is 0 Å². The Balaban J connectivity index is 1.33. The van der Waals surface area contributed by atoms with Crippen LogP contribution in [0.3, 0.4) is 0 Å². The van der Waals surface area contributed by atoms with Gasteiger partial charge in [-0.2, -0.15) is 5.01 Å². The molecular formula is C39H38FN3O7. The summed E-state index contributed by atoms with van der Waals surface area (Å²) in [4.78, 5) is 69.8. The summed E-state index contributed by atoms with van der Waals surface area (Å²) in [5, 5.41) is 20.2. The fourth-order valence-corrected chi connectivity index (χ4v) is 8.83. The molecule has 0 unspecified atom stereocenters. The lowest BCUT2D eigenvalue weighted by Crippen LogP contribution is -2.53. The molecule has 0 radical (unpaired) electrons. The minimum Gasteiger partial charge on any atom is -0.505 e. The number of hydrazine groups is 1. The number of aryl methyl sites for hydroxylation is 1. The number of hydrogen-bond acceptors (Lipinski definition) is 7. The van der Waals surface area contributed by atoms with Crippen molar-refractivity contribution in [1.82, 2.24) is 9.91 Å². The number of aliphatic carboxylic acids is 1. The predicted octanol–water partition coefficient (Wildman–Crippen LogP) is 5.47. The van der Waals surface area contributed by atoms with E-state index in [0.29, 0.717) is 41.6 Å². The van der Waals surface area contributed by atoms with E-state index in [1.807, 2.05) is 31.2 Å². The third kappa shape index (κ3) is 5.26. The minimum atomic E-state index is -1.54. The van der Waals surface area contributed by atoms with Crippen LogP contribution >= 0.6 is 0 Å². The van der Waals surface area contributed by atoms with Crippen molar-refractivity contribution >= 4 is 35.3 Å². The lowest BCUT2D eigenvalue weighted by Gasteiger charge is -2.50. The van der Waals surface area contributed by atoms with Crippen LogP contribution in [0.2, 0.25) is 0 Å². The average Bonchev–Trinajstić information content (AvgIpc) is 3.47. The topological polar surface area (TPSA) is 144 Å². The first kappa shape index (κ1) is 33.2. The molecule has 2 saturated heterocycles. The lowest BCUT2D eigenvalue weighted by molar-refractivity contribution is -0.141. The number of carbonyl (C=O) groups excluding carboxylic acids is 4. The van der Waals surface area contributed by atoms with Gasteiger partial charge in [0.2, 0.25) is 11.8 Å². The summed E-state index contributed by atoms with van der Waals surface area (Å²) < 4.78 is 15.2. The van der Waals surface area contributed by atoms with Crippen LogP contribution in [0.5, 0.6) is 5.75 Å². The third-order valence-electron chi connectivity index (χ3n) is 11.1. The molecular weight excluding hydrogens is 641 g/mol.